The van der Waals surface area contributed by atoms with Gasteiger partial charge in [-0.2, -0.15) is 0 Å². The average molecular weight is 431 g/mol. The highest BCUT2D eigenvalue weighted by atomic mass is 16.4. The molecule has 0 aliphatic heterocycles. The Morgan fingerprint density at radius 1 is 1.00 bits per heavy atom. The van der Waals surface area contributed by atoms with E-state index in [0.29, 0.717) is 17.5 Å². The highest BCUT2D eigenvalue weighted by Gasteiger charge is 2.30. The largest absolute Gasteiger partial charge is 0.481 e. The average Bonchev–Trinajstić information content (AvgIpc) is 3.29. The molecule has 0 bridgehead atoms. The molecule has 32 heavy (non-hydrogen) atoms. The molecule has 1 aliphatic carbocycles. The number of aliphatic carboxylic acids is 1. The second kappa shape index (κ2) is 9.86. The molecule has 0 radical (unpaired) electrons. The molecule has 0 spiro atoms. The van der Waals surface area contributed by atoms with Gasteiger partial charge in [-0.3, -0.25) is 9.59 Å². The number of benzene rings is 3. The van der Waals surface area contributed by atoms with E-state index >= 15 is 0 Å². The summed E-state index contributed by atoms with van der Waals surface area (Å²) in [6.45, 7) is 3.34. The van der Waals surface area contributed by atoms with Crippen LogP contribution in [0.15, 0.2) is 66.7 Å². The molecule has 3 aromatic rings. The number of nitrogens with zero attached hydrogens (tertiary/aromatic N) is 1. The summed E-state index contributed by atoms with van der Waals surface area (Å²) < 4.78 is 0. The summed E-state index contributed by atoms with van der Waals surface area (Å²) >= 11 is 0. The smallest absolute Gasteiger partial charge is 0.305 e. The van der Waals surface area contributed by atoms with Crippen LogP contribution in [0, 0.1) is 0 Å². The summed E-state index contributed by atoms with van der Waals surface area (Å²) in [4.78, 5) is 25.3. The van der Waals surface area contributed by atoms with Gasteiger partial charge in [-0.05, 0) is 61.3 Å². The fraction of sp³-hybridized carbons (Fsp3) is 0.333. The van der Waals surface area contributed by atoms with Gasteiger partial charge in [0.1, 0.15) is 0 Å². The maximum Gasteiger partial charge on any atom is 0.305 e. The summed E-state index contributed by atoms with van der Waals surface area (Å²) in [5, 5.41) is 13.9. The molecule has 1 amide bonds. The van der Waals surface area contributed by atoms with E-state index in [1.165, 1.54) is 22.0 Å². The van der Waals surface area contributed by atoms with Gasteiger partial charge < -0.3 is 15.3 Å². The van der Waals surface area contributed by atoms with E-state index in [1.807, 2.05) is 24.3 Å². The summed E-state index contributed by atoms with van der Waals surface area (Å²) in [6.07, 6.45) is 3.31. The number of nitrogens with one attached hydrogen (secondary N) is 1. The molecule has 0 heterocycles. The lowest BCUT2D eigenvalue weighted by atomic mass is 9.96. The van der Waals surface area contributed by atoms with Crippen LogP contribution in [0.4, 0.5) is 5.69 Å². The predicted molar refractivity (Wildman–Crippen MR) is 128 cm³/mol. The van der Waals surface area contributed by atoms with Gasteiger partial charge in [-0.15, -0.1) is 0 Å². The molecule has 5 heteroatoms. The minimum Gasteiger partial charge on any atom is -0.481 e. The molecule has 2 atom stereocenters. The van der Waals surface area contributed by atoms with Crippen LogP contribution in [-0.4, -0.2) is 36.1 Å². The first-order chi connectivity index (χ1) is 15.6. The summed E-state index contributed by atoms with van der Waals surface area (Å²) in [7, 11) is 0. The van der Waals surface area contributed by atoms with E-state index in [-0.39, 0.29) is 18.9 Å². The number of carboxylic acid groups (broad SMARTS) is 1. The number of fused-ring (bicyclic) bond motifs is 1. The Morgan fingerprint density at radius 3 is 2.50 bits per heavy atom. The number of rotatable bonds is 8. The maximum absolute atomic E-state index is 12.2. The molecule has 0 aromatic heterocycles. The third-order valence-corrected chi connectivity index (χ3v) is 6.53. The van der Waals surface area contributed by atoms with Crippen LogP contribution in [0.1, 0.15) is 54.4 Å². The number of anilines is 1. The second-order valence-electron chi connectivity index (χ2n) is 8.47. The van der Waals surface area contributed by atoms with Crippen molar-refractivity contribution in [1.82, 2.24) is 5.32 Å². The Labute approximate surface area is 189 Å². The van der Waals surface area contributed by atoms with Gasteiger partial charge in [0, 0.05) is 35.8 Å². The molecule has 3 aromatic carbocycles. The number of carbonyl (C=O) groups is 2. The third kappa shape index (κ3) is 4.77. The Balaban J connectivity index is 1.43. The quantitative estimate of drug-likeness (QED) is 0.515. The topological polar surface area (TPSA) is 69.6 Å². The molecule has 2 unspecified atom stereocenters. The first-order valence-electron chi connectivity index (χ1n) is 11.4. The van der Waals surface area contributed by atoms with Crippen LogP contribution >= 0.6 is 0 Å². The van der Waals surface area contributed by atoms with Gasteiger partial charge in [0.2, 0.25) is 0 Å². The molecule has 0 saturated heterocycles. The Bertz CT molecular complexity index is 1090. The van der Waals surface area contributed by atoms with Crippen molar-refractivity contribution in [3.8, 4) is 0 Å². The van der Waals surface area contributed by atoms with Crippen molar-refractivity contribution in [2.45, 2.75) is 44.6 Å². The standard InChI is InChI=1S/C27H30N2O3/c1-2-29(25-9-5-7-20-6-3-4-8-24(20)25)23-15-14-22(18-23)19-10-12-21(13-11-19)27(32)28-17-16-26(30)31/h3-13,22-23H,2,14-18H2,1H3,(H,28,32)(H,30,31). The summed E-state index contributed by atoms with van der Waals surface area (Å²) in [6, 6.07) is 23.4. The normalized spacial score (nSPS) is 17.9. The van der Waals surface area contributed by atoms with Crippen molar-refractivity contribution < 1.29 is 14.7 Å². The Kier molecular flexibility index (Phi) is 6.74. The molecule has 5 nitrogen and oxygen atoms in total. The SMILES string of the molecule is CCN(c1cccc2ccccc12)C1CCC(c2ccc(C(=O)NCCC(=O)O)cc2)C1. The maximum atomic E-state index is 12.2. The van der Waals surface area contributed by atoms with Gasteiger partial charge >= 0.3 is 5.97 Å². The van der Waals surface area contributed by atoms with E-state index in [1.54, 1.807) is 0 Å². The zero-order chi connectivity index (χ0) is 22.5. The van der Waals surface area contributed by atoms with Crippen molar-refractivity contribution in [3.63, 3.8) is 0 Å². The number of hydrogen-bond acceptors (Lipinski definition) is 3. The van der Waals surface area contributed by atoms with Crippen LogP contribution in [-0.2, 0) is 4.79 Å². The fourth-order valence-corrected chi connectivity index (χ4v) is 4.92. The van der Waals surface area contributed by atoms with Crippen LogP contribution in [0.5, 0.6) is 0 Å². The summed E-state index contributed by atoms with van der Waals surface area (Å²) in [5.41, 5.74) is 3.15. The molecule has 1 saturated carbocycles. The van der Waals surface area contributed by atoms with E-state index < -0.39 is 5.97 Å². The van der Waals surface area contributed by atoms with Gasteiger partial charge in [0.05, 0.1) is 6.42 Å². The minimum atomic E-state index is -0.916. The molecule has 4 rings (SSSR count). The first-order valence-corrected chi connectivity index (χ1v) is 11.4. The second-order valence-corrected chi connectivity index (χ2v) is 8.47. The van der Waals surface area contributed by atoms with Crippen molar-refractivity contribution in [2.75, 3.05) is 18.0 Å². The van der Waals surface area contributed by atoms with Crippen molar-refractivity contribution in [1.29, 1.82) is 0 Å². The van der Waals surface area contributed by atoms with Crippen LogP contribution in [0.3, 0.4) is 0 Å². The van der Waals surface area contributed by atoms with Crippen molar-refractivity contribution in [3.05, 3.63) is 77.9 Å². The monoisotopic (exact) mass is 430 g/mol. The molecule has 1 aliphatic rings. The van der Waals surface area contributed by atoms with Gasteiger partial charge in [-0.1, -0.05) is 48.5 Å². The number of carboxylic acids is 1. The third-order valence-electron chi connectivity index (χ3n) is 6.53. The van der Waals surface area contributed by atoms with Crippen LogP contribution in [0.25, 0.3) is 10.8 Å². The van der Waals surface area contributed by atoms with Crippen LogP contribution < -0.4 is 10.2 Å². The van der Waals surface area contributed by atoms with E-state index in [9.17, 15) is 9.59 Å². The van der Waals surface area contributed by atoms with E-state index in [0.717, 1.165) is 25.8 Å². The van der Waals surface area contributed by atoms with Crippen LogP contribution in [0.2, 0.25) is 0 Å². The Hall–Kier alpha value is -3.34. The highest BCUT2D eigenvalue weighted by molar-refractivity contribution is 5.95. The van der Waals surface area contributed by atoms with E-state index in [2.05, 4.69) is 59.6 Å². The zero-order valence-corrected chi connectivity index (χ0v) is 18.5. The fourth-order valence-electron chi connectivity index (χ4n) is 4.92. The molecular weight excluding hydrogens is 400 g/mol. The minimum absolute atomic E-state index is 0.0715. The lowest BCUT2D eigenvalue weighted by Gasteiger charge is -2.31. The van der Waals surface area contributed by atoms with Gasteiger partial charge in [0.15, 0.2) is 0 Å². The molecule has 1 fully saturated rings. The molecular formula is C27H30N2O3. The highest BCUT2D eigenvalue weighted by Crippen LogP contribution is 2.40. The lowest BCUT2D eigenvalue weighted by molar-refractivity contribution is -0.136. The molecule has 166 valence electrons. The predicted octanol–water partition coefficient (Wildman–Crippen LogP) is 5.21. The Morgan fingerprint density at radius 2 is 1.75 bits per heavy atom. The number of amides is 1. The summed E-state index contributed by atoms with van der Waals surface area (Å²) in [5.74, 6) is -0.663. The van der Waals surface area contributed by atoms with Crippen molar-refractivity contribution >= 4 is 28.3 Å². The number of hydrogen-bond donors (Lipinski definition) is 2. The number of carbonyl (C=O) groups excluding carboxylic acids is 1. The van der Waals surface area contributed by atoms with Gasteiger partial charge in [-0.25, -0.2) is 0 Å². The molecule has 2 N–H and O–H groups in total. The van der Waals surface area contributed by atoms with Gasteiger partial charge in [0.25, 0.3) is 5.91 Å². The zero-order valence-electron chi connectivity index (χ0n) is 18.5. The van der Waals surface area contributed by atoms with E-state index in [4.69, 9.17) is 5.11 Å². The first kappa shape index (κ1) is 21.9. The lowest BCUT2D eigenvalue weighted by Crippen LogP contribution is -2.33. The van der Waals surface area contributed by atoms with Crippen molar-refractivity contribution in [2.24, 2.45) is 0 Å².